The Kier molecular flexibility index (Phi) is 5.14. The number of methoxy groups -OCH3 is 1. The fourth-order valence-electron chi connectivity index (χ4n) is 3.70. The molecule has 0 N–H and O–H groups in total. The third-order valence-electron chi connectivity index (χ3n) is 5.17. The van der Waals surface area contributed by atoms with Crippen LogP contribution in [-0.4, -0.2) is 39.2 Å². The molecule has 1 fully saturated rings. The monoisotopic (exact) mass is 380 g/mol. The molecule has 7 heteroatoms. The molecule has 0 unspecified atom stereocenters. The SMILES string of the molecule is COc1cccc(Cc2cnc([C@H]3CCCCN3C(=O)c3ccnn3C)o2)c1. The van der Waals surface area contributed by atoms with E-state index in [1.165, 1.54) is 0 Å². The maximum absolute atomic E-state index is 13.0. The van der Waals surface area contributed by atoms with E-state index in [0.29, 0.717) is 24.6 Å². The Morgan fingerprint density at radius 3 is 3.00 bits per heavy atom. The van der Waals surface area contributed by atoms with Crippen molar-refractivity contribution < 1.29 is 13.9 Å². The first-order valence-corrected chi connectivity index (χ1v) is 9.52. The molecule has 0 aliphatic carbocycles. The van der Waals surface area contributed by atoms with E-state index in [-0.39, 0.29) is 11.9 Å². The van der Waals surface area contributed by atoms with Crippen LogP contribution in [0, 0.1) is 0 Å². The third kappa shape index (κ3) is 3.65. The normalized spacial score (nSPS) is 16.9. The molecule has 28 heavy (non-hydrogen) atoms. The fourth-order valence-corrected chi connectivity index (χ4v) is 3.70. The van der Waals surface area contributed by atoms with E-state index in [2.05, 4.69) is 10.1 Å². The van der Waals surface area contributed by atoms with E-state index in [1.54, 1.807) is 37.3 Å². The summed E-state index contributed by atoms with van der Waals surface area (Å²) in [4.78, 5) is 19.4. The molecule has 0 bridgehead atoms. The van der Waals surface area contributed by atoms with Crippen LogP contribution in [0.15, 0.2) is 47.1 Å². The molecule has 3 aromatic rings. The largest absolute Gasteiger partial charge is 0.497 e. The molecule has 1 aliphatic rings. The van der Waals surface area contributed by atoms with Crippen molar-refractivity contribution in [3.05, 3.63) is 65.6 Å². The van der Waals surface area contributed by atoms with E-state index in [4.69, 9.17) is 9.15 Å². The van der Waals surface area contributed by atoms with Crippen LogP contribution in [0.25, 0.3) is 0 Å². The Morgan fingerprint density at radius 1 is 1.32 bits per heavy atom. The molecule has 3 heterocycles. The molecular weight excluding hydrogens is 356 g/mol. The van der Waals surface area contributed by atoms with E-state index in [1.807, 2.05) is 29.2 Å². The number of hydrogen-bond donors (Lipinski definition) is 0. The van der Waals surface area contributed by atoms with Gasteiger partial charge < -0.3 is 14.1 Å². The zero-order chi connectivity index (χ0) is 19.5. The predicted octanol–water partition coefficient (Wildman–Crippen LogP) is 3.37. The summed E-state index contributed by atoms with van der Waals surface area (Å²) in [5, 5.41) is 4.12. The molecule has 1 atom stereocenters. The van der Waals surface area contributed by atoms with Crippen LogP contribution in [0.2, 0.25) is 0 Å². The Labute approximate surface area is 163 Å². The highest BCUT2D eigenvalue weighted by Gasteiger charge is 2.33. The summed E-state index contributed by atoms with van der Waals surface area (Å²) >= 11 is 0. The number of ether oxygens (including phenoxy) is 1. The van der Waals surface area contributed by atoms with Gasteiger partial charge in [0, 0.05) is 26.2 Å². The Hall–Kier alpha value is -3.09. The van der Waals surface area contributed by atoms with Crippen LogP contribution in [-0.2, 0) is 13.5 Å². The molecule has 4 rings (SSSR count). The molecule has 0 radical (unpaired) electrons. The molecule has 7 nitrogen and oxygen atoms in total. The minimum atomic E-state index is -0.143. The molecular formula is C21H24N4O3. The molecule has 1 saturated heterocycles. The molecule has 1 aliphatic heterocycles. The van der Waals surface area contributed by atoms with Gasteiger partial charge in [-0.15, -0.1) is 0 Å². The second-order valence-corrected chi connectivity index (χ2v) is 7.04. The number of aromatic nitrogens is 3. The van der Waals surface area contributed by atoms with Gasteiger partial charge in [-0.2, -0.15) is 5.10 Å². The summed E-state index contributed by atoms with van der Waals surface area (Å²) in [6.07, 6.45) is 6.92. The number of amides is 1. The number of hydrogen-bond acceptors (Lipinski definition) is 5. The molecule has 1 amide bonds. The molecule has 1 aromatic carbocycles. The number of piperidine rings is 1. The minimum Gasteiger partial charge on any atom is -0.497 e. The van der Waals surface area contributed by atoms with E-state index in [0.717, 1.165) is 36.3 Å². The van der Waals surface area contributed by atoms with Gasteiger partial charge in [0.1, 0.15) is 23.2 Å². The Morgan fingerprint density at radius 2 is 2.21 bits per heavy atom. The van der Waals surface area contributed by atoms with Gasteiger partial charge in [-0.3, -0.25) is 9.48 Å². The first-order valence-electron chi connectivity index (χ1n) is 9.52. The van der Waals surface area contributed by atoms with E-state index in [9.17, 15) is 4.79 Å². The van der Waals surface area contributed by atoms with Crippen molar-refractivity contribution >= 4 is 5.91 Å². The zero-order valence-corrected chi connectivity index (χ0v) is 16.2. The van der Waals surface area contributed by atoms with Crippen LogP contribution in [0.1, 0.15) is 53.0 Å². The van der Waals surface area contributed by atoms with Gasteiger partial charge in [0.2, 0.25) is 5.89 Å². The number of carbonyl (C=O) groups excluding carboxylic acids is 1. The van der Waals surface area contributed by atoms with Gasteiger partial charge >= 0.3 is 0 Å². The summed E-state index contributed by atoms with van der Waals surface area (Å²) in [7, 11) is 3.44. The van der Waals surface area contributed by atoms with Crippen molar-refractivity contribution in [2.24, 2.45) is 7.05 Å². The zero-order valence-electron chi connectivity index (χ0n) is 16.2. The van der Waals surface area contributed by atoms with E-state index < -0.39 is 0 Å². The third-order valence-corrected chi connectivity index (χ3v) is 5.17. The van der Waals surface area contributed by atoms with Gasteiger partial charge in [0.25, 0.3) is 5.91 Å². The van der Waals surface area contributed by atoms with Crippen LogP contribution >= 0.6 is 0 Å². The lowest BCUT2D eigenvalue weighted by atomic mass is 10.0. The summed E-state index contributed by atoms with van der Waals surface area (Å²) in [5.74, 6) is 2.17. The Bertz CT molecular complexity index is 962. The van der Waals surface area contributed by atoms with Crippen molar-refractivity contribution in [2.75, 3.05) is 13.7 Å². The number of rotatable bonds is 5. The average Bonchev–Trinajstić information content (AvgIpc) is 3.36. The van der Waals surface area contributed by atoms with Gasteiger partial charge in [-0.05, 0) is 43.0 Å². The van der Waals surface area contributed by atoms with Crippen LogP contribution < -0.4 is 4.74 Å². The summed E-state index contributed by atoms with van der Waals surface area (Å²) in [6.45, 7) is 0.697. The highest BCUT2D eigenvalue weighted by Crippen LogP contribution is 2.32. The second-order valence-electron chi connectivity index (χ2n) is 7.04. The minimum absolute atomic E-state index is 0.0303. The van der Waals surface area contributed by atoms with Gasteiger partial charge in [0.15, 0.2) is 0 Å². The lowest BCUT2D eigenvalue weighted by molar-refractivity contribution is 0.0558. The summed E-state index contributed by atoms with van der Waals surface area (Å²) in [5.41, 5.74) is 1.67. The Balaban J connectivity index is 1.54. The number of likely N-dealkylation sites (tertiary alicyclic amines) is 1. The molecule has 2 aromatic heterocycles. The first-order chi connectivity index (χ1) is 13.7. The highest BCUT2D eigenvalue weighted by atomic mass is 16.5. The number of nitrogens with zero attached hydrogens (tertiary/aromatic N) is 4. The predicted molar refractivity (Wildman–Crippen MR) is 103 cm³/mol. The van der Waals surface area contributed by atoms with Crippen LogP contribution in [0.4, 0.5) is 0 Å². The lowest BCUT2D eigenvalue weighted by Crippen LogP contribution is -2.39. The van der Waals surface area contributed by atoms with Crippen molar-refractivity contribution in [1.29, 1.82) is 0 Å². The van der Waals surface area contributed by atoms with Gasteiger partial charge in [-0.25, -0.2) is 4.98 Å². The van der Waals surface area contributed by atoms with Crippen LogP contribution in [0.3, 0.4) is 0 Å². The second kappa shape index (κ2) is 7.88. The van der Waals surface area contributed by atoms with Crippen LogP contribution in [0.5, 0.6) is 5.75 Å². The number of aryl methyl sites for hydroxylation is 1. The number of oxazole rings is 1. The molecule has 146 valence electrons. The lowest BCUT2D eigenvalue weighted by Gasteiger charge is -2.33. The van der Waals surface area contributed by atoms with Crippen molar-refractivity contribution in [3.8, 4) is 5.75 Å². The molecule has 0 spiro atoms. The first kappa shape index (κ1) is 18.3. The summed E-state index contributed by atoms with van der Waals surface area (Å²) in [6, 6.07) is 9.50. The average molecular weight is 380 g/mol. The molecule has 0 saturated carbocycles. The van der Waals surface area contributed by atoms with Crippen molar-refractivity contribution in [1.82, 2.24) is 19.7 Å². The van der Waals surface area contributed by atoms with Crippen molar-refractivity contribution in [2.45, 2.75) is 31.7 Å². The van der Waals surface area contributed by atoms with E-state index >= 15 is 0 Å². The summed E-state index contributed by atoms with van der Waals surface area (Å²) < 4.78 is 13.0. The topological polar surface area (TPSA) is 73.4 Å². The highest BCUT2D eigenvalue weighted by molar-refractivity contribution is 5.92. The maximum Gasteiger partial charge on any atom is 0.272 e. The van der Waals surface area contributed by atoms with Gasteiger partial charge in [-0.1, -0.05) is 12.1 Å². The fraction of sp³-hybridized carbons (Fsp3) is 0.381. The standard InChI is InChI=1S/C21H24N4O3/c1-24-19(9-10-23-24)21(26)25-11-4-3-8-18(25)20-22-14-17(28-20)13-15-6-5-7-16(12-15)27-2/h5-7,9-10,12,14,18H,3-4,8,11,13H2,1-2H3/t18-/m1/s1. The quantitative estimate of drug-likeness (QED) is 0.678. The van der Waals surface area contributed by atoms with Gasteiger partial charge in [0.05, 0.1) is 13.3 Å². The maximum atomic E-state index is 13.0. The number of carbonyl (C=O) groups is 1. The van der Waals surface area contributed by atoms with Crippen molar-refractivity contribution in [3.63, 3.8) is 0 Å². The number of benzene rings is 1. The smallest absolute Gasteiger partial charge is 0.272 e.